The van der Waals surface area contributed by atoms with Gasteiger partial charge in [0.05, 0.1) is 38.6 Å². The third kappa shape index (κ3) is 45.3. The molecule has 0 radical (unpaired) electrons. The number of allylic oxidation sites excluding steroid dienone is 27. The first-order chi connectivity index (χ1) is 52.3. The number of carbonyl (C=O) groups is 1. The summed E-state index contributed by atoms with van der Waals surface area (Å²) in [6.45, 7) is 1.58. The summed E-state index contributed by atoms with van der Waals surface area (Å²) in [6, 6.07) is -1.02. The normalized spacial score (nSPS) is 26.5. The monoisotopic (exact) mass is 1500 g/mol. The number of nitrogens with one attached hydrogen (secondary N) is 1. The molecule has 3 rings (SSSR count). The second kappa shape index (κ2) is 65.8. The highest BCUT2D eigenvalue weighted by Crippen LogP contribution is 2.33. The molecule has 3 aliphatic heterocycles. The molecular formula is C88H143NO18. The van der Waals surface area contributed by atoms with Gasteiger partial charge in [0.1, 0.15) is 73.2 Å². The smallest absolute Gasteiger partial charge is 0.220 e. The average molecular weight is 1500 g/mol. The van der Waals surface area contributed by atoms with E-state index >= 15 is 0 Å². The Hall–Kier alpha value is -4.85. The Morgan fingerprint density at radius 1 is 0.346 bits per heavy atom. The first-order valence-corrected chi connectivity index (χ1v) is 40.9. The van der Waals surface area contributed by atoms with Crippen LogP contribution in [-0.4, -0.2) is 193 Å². The van der Waals surface area contributed by atoms with Crippen LogP contribution in [0, 0.1) is 0 Å². The molecule has 19 nitrogen and oxygen atoms in total. The van der Waals surface area contributed by atoms with Gasteiger partial charge in [-0.2, -0.15) is 0 Å². The van der Waals surface area contributed by atoms with Crippen molar-refractivity contribution < 1.29 is 89.4 Å². The zero-order valence-corrected chi connectivity index (χ0v) is 65.0. The van der Waals surface area contributed by atoms with Crippen LogP contribution in [0.4, 0.5) is 0 Å². The molecule has 19 heteroatoms. The molecule has 17 atom stereocenters. The van der Waals surface area contributed by atoms with Gasteiger partial charge in [-0.05, 0) is 122 Å². The molecule has 3 aliphatic rings. The molecule has 107 heavy (non-hydrogen) atoms. The number of hydrogen-bond acceptors (Lipinski definition) is 18. The van der Waals surface area contributed by atoms with Gasteiger partial charge in [0.15, 0.2) is 18.9 Å². The Bertz CT molecular complexity index is 2600. The van der Waals surface area contributed by atoms with Crippen LogP contribution >= 0.6 is 0 Å². The van der Waals surface area contributed by atoms with Crippen LogP contribution in [0.1, 0.15) is 245 Å². The minimum absolute atomic E-state index is 0.194. The Labute approximate surface area is 643 Å². The van der Waals surface area contributed by atoms with E-state index in [0.717, 1.165) is 122 Å². The van der Waals surface area contributed by atoms with Crippen molar-refractivity contribution in [2.45, 2.75) is 349 Å². The highest BCUT2D eigenvalue weighted by atomic mass is 16.8. The van der Waals surface area contributed by atoms with Crippen LogP contribution in [0.2, 0.25) is 0 Å². The maximum atomic E-state index is 13.5. The highest BCUT2D eigenvalue weighted by molar-refractivity contribution is 5.76. The molecule has 3 heterocycles. The fourth-order valence-corrected chi connectivity index (χ4v) is 12.5. The van der Waals surface area contributed by atoms with E-state index in [0.29, 0.717) is 12.8 Å². The molecule has 17 unspecified atom stereocenters. The van der Waals surface area contributed by atoms with Crippen LogP contribution in [0.25, 0.3) is 0 Å². The largest absolute Gasteiger partial charge is 0.394 e. The maximum absolute atomic E-state index is 13.5. The zero-order valence-electron chi connectivity index (χ0n) is 65.0. The summed E-state index contributed by atoms with van der Waals surface area (Å²) in [4.78, 5) is 13.5. The Kier molecular flexibility index (Phi) is 59.3. The van der Waals surface area contributed by atoms with Gasteiger partial charge < -0.3 is 89.9 Å². The highest BCUT2D eigenvalue weighted by Gasteiger charge is 2.54. The van der Waals surface area contributed by atoms with Crippen LogP contribution in [0.5, 0.6) is 0 Å². The quantitative estimate of drug-likeness (QED) is 0.0199. The van der Waals surface area contributed by atoms with Crippen molar-refractivity contribution in [2.24, 2.45) is 0 Å². The van der Waals surface area contributed by atoms with Gasteiger partial charge in [0, 0.05) is 6.42 Å². The predicted octanol–water partition coefficient (Wildman–Crippen LogP) is 14.2. The van der Waals surface area contributed by atoms with Crippen LogP contribution in [-0.2, 0) is 33.2 Å². The second-order valence-corrected chi connectivity index (χ2v) is 28.1. The zero-order chi connectivity index (χ0) is 77.4. The van der Waals surface area contributed by atoms with Crippen molar-refractivity contribution in [1.29, 1.82) is 0 Å². The third-order valence-electron chi connectivity index (χ3n) is 19.0. The standard InChI is InChI=1S/C88H143NO18/c1-3-5-7-9-11-13-15-17-19-21-23-25-26-27-28-29-30-31-32-33-34-35-36-37-38-39-40-41-42-43-44-46-48-50-52-54-56-58-60-62-64-66-76(94)89-71(72(93)65-63-61-59-57-55-53-51-49-47-45-24-22-20-18-16-14-12-10-8-6-4-2)70-102-86-82(100)79(97)84(74(68-91)104-86)107-88-83(101)80(98)85(75(69-92)105-88)106-87-81(99)78(96)77(95)73(67-90)103-87/h5,7,11,13,17,19,23,25,27-28,30-31,33-34,36-37,39-40,42-43,46,48,52,54-55,57,63,65,71-75,77-88,90-93,95-101H,3-4,6,8-10,12,14-16,18,20-22,24,26,29,32,35,38,41,44-45,47,49-51,53,56,58-62,64,66-70H2,1-2H3,(H,89,94)/b7-5-,13-11-,19-17-,25-23-,28-27-,31-30-,34-33-,37-36-,40-39-,43-42-,48-46-,54-52-,57-55+,65-63+. The van der Waals surface area contributed by atoms with E-state index in [1.807, 2.05) is 6.08 Å². The first kappa shape index (κ1) is 96.3. The minimum atomic E-state index is -1.99. The minimum Gasteiger partial charge on any atom is -0.394 e. The van der Waals surface area contributed by atoms with Crippen molar-refractivity contribution in [2.75, 3.05) is 26.4 Å². The molecule has 3 saturated heterocycles. The SMILES string of the molecule is CC/C=C\C/C=C\C/C=C\C/C=C\C/C=C\C/C=C\C/C=C\C/C=C\C/C=C\C/C=C\C/C=C\C/C=C\CCCCCCC(=O)NC(COC1OC(CO)C(OC2OC(CO)C(OC3OC(CO)C(O)C(O)C3O)C(O)C2O)C(O)C1O)C(O)/C=C/CC/C=C/CCCCCCCCCCCCCCCCC. The molecule has 0 aliphatic carbocycles. The van der Waals surface area contributed by atoms with Gasteiger partial charge in [-0.3, -0.25) is 4.79 Å². The molecule has 0 aromatic carbocycles. The summed E-state index contributed by atoms with van der Waals surface area (Å²) in [5, 5.41) is 121. The van der Waals surface area contributed by atoms with Gasteiger partial charge in [0.25, 0.3) is 0 Å². The van der Waals surface area contributed by atoms with Crippen molar-refractivity contribution in [3.05, 3.63) is 170 Å². The molecule has 3 fully saturated rings. The average Bonchev–Trinajstić information content (AvgIpc) is 0.782. The van der Waals surface area contributed by atoms with Gasteiger partial charge in [0.2, 0.25) is 5.91 Å². The van der Waals surface area contributed by atoms with Crippen LogP contribution in [0.15, 0.2) is 170 Å². The van der Waals surface area contributed by atoms with Crippen LogP contribution < -0.4 is 5.32 Å². The number of amides is 1. The van der Waals surface area contributed by atoms with Crippen molar-refractivity contribution >= 4 is 5.91 Å². The van der Waals surface area contributed by atoms with E-state index in [-0.39, 0.29) is 18.9 Å². The number of unbranched alkanes of at least 4 members (excludes halogenated alkanes) is 20. The molecule has 0 aromatic rings. The fraction of sp³-hybridized carbons (Fsp3) is 0.670. The number of hydrogen-bond donors (Lipinski definition) is 12. The Balaban J connectivity index is 1.38. The van der Waals surface area contributed by atoms with E-state index in [4.69, 9.17) is 28.4 Å². The van der Waals surface area contributed by atoms with Gasteiger partial charge >= 0.3 is 0 Å². The van der Waals surface area contributed by atoms with E-state index in [9.17, 15) is 61.0 Å². The number of ether oxygens (including phenoxy) is 6. The summed E-state index contributed by atoms with van der Waals surface area (Å²) >= 11 is 0. The summed E-state index contributed by atoms with van der Waals surface area (Å²) in [7, 11) is 0. The van der Waals surface area contributed by atoms with Crippen LogP contribution in [0.3, 0.4) is 0 Å². The van der Waals surface area contributed by atoms with Gasteiger partial charge in [-0.15, -0.1) is 0 Å². The number of aliphatic hydroxyl groups excluding tert-OH is 11. The molecule has 0 aromatic heterocycles. The topological polar surface area (TPSA) is 307 Å². The number of aliphatic hydroxyl groups is 11. The van der Waals surface area contributed by atoms with Crippen molar-refractivity contribution in [3.63, 3.8) is 0 Å². The lowest BCUT2D eigenvalue weighted by molar-refractivity contribution is -0.379. The summed E-state index contributed by atoms with van der Waals surface area (Å²) in [5.74, 6) is -0.316. The molecular weight excluding hydrogens is 1360 g/mol. The molecule has 0 spiro atoms. The molecule has 608 valence electrons. The number of carbonyl (C=O) groups excluding carboxylic acids is 1. The molecule has 1 amide bonds. The van der Waals surface area contributed by atoms with E-state index in [2.05, 4.69) is 177 Å². The fourth-order valence-electron chi connectivity index (χ4n) is 12.5. The summed E-state index contributed by atoms with van der Waals surface area (Å²) < 4.78 is 34.4. The van der Waals surface area contributed by atoms with Crippen molar-refractivity contribution in [1.82, 2.24) is 5.32 Å². The second-order valence-electron chi connectivity index (χ2n) is 28.1. The Morgan fingerprint density at radius 2 is 0.654 bits per heavy atom. The van der Waals surface area contributed by atoms with E-state index in [1.54, 1.807) is 6.08 Å². The summed E-state index contributed by atoms with van der Waals surface area (Å²) in [5.41, 5.74) is 0. The lowest BCUT2D eigenvalue weighted by Crippen LogP contribution is -2.66. The molecule has 0 saturated carbocycles. The van der Waals surface area contributed by atoms with Gasteiger partial charge in [-0.1, -0.05) is 287 Å². The third-order valence-corrected chi connectivity index (χ3v) is 19.0. The molecule has 0 bridgehead atoms. The lowest BCUT2D eigenvalue weighted by atomic mass is 9.96. The van der Waals surface area contributed by atoms with E-state index < -0.39 is 124 Å². The summed E-state index contributed by atoms with van der Waals surface area (Å²) in [6.07, 6.45) is 71.9. The lowest BCUT2D eigenvalue weighted by Gasteiger charge is -2.48. The van der Waals surface area contributed by atoms with E-state index in [1.165, 1.54) is 89.9 Å². The van der Waals surface area contributed by atoms with Gasteiger partial charge in [-0.25, -0.2) is 0 Å². The first-order valence-electron chi connectivity index (χ1n) is 40.9. The Morgan fingerprint density at radius 3 is 1.05 bits per heavy atom. The number of rotatable bonds is 62. The predicted molar refractivity (Wildman–Crippen MR) is 428 cm³/mol. The molecule has 12 N–H and O–H groups in total. The maximum Gasteiger partial charge on any atom is 0.220 e. The van der Waals surface area contributed by atoms with Crippen molar-refractivity contribution in [3.8, 4) is 0 Å².